The topological polar surface area (TPSA) is 61.7 Å². The second kappa shape index (κ2) is 6.77. The molecule has 3 N–H and O–H groups in total. The van der Waals surface area contributed by atoms with E-state index >= 15 is 0 Å². The van der Waals surface area contributed by atoms with Crippen LogP contribution in [0.25, 0.3) is 0 Å². The van der Waals surface area contributed by atoms with Gasteiger partial charge < -0.3 is 20.3 Å². The van der Waals surface area contributed by atoms with Gasteiger partial charge in [-0.1, -0.05) is 18.2 Å². The van der Waals surface area contributed by atoms with Gasteiger partial charge in [0.05, 0.1) is 12.7 Å². The Morgan fingerprint density at radius 1 is 1.18 bits per heavy atom. The molecule has 118 valence electrons. The summed E-state index contributed by atoms with van der Waals surface area (Å²) in [5.41, 5.74) is 0.201. The zero-order valence-corrected chi connectivity index (χ0v) is 12.6. The smallest absolute Gasteiger partial charge is 0.123 e. The van der Waals surface area contributed by atoms with Crippen molar-refractivity contribution in [2.45, 2.75) is 19.1 Å². The Balaban J connectivity index is 1.96. The maximum atomic E-state index is 12.9. The number of rotatable bonds is 6. The Bertz CT molecular complexity index is 626. The average molecular weight is 305 g/mol. The third kappa shape index (κ3) is 3.96. The van der Waals surface area contributed by atoms with Crippen molar-refractivity contribution in [1.29, 1.82) is 0 Å². The fourth-order valence-corrected chi connectivity index (χ4v) is 2.17. The number of benzene rings is 2. The highest BCUT2D eigenvalue weighted by molar-refractivity contribution is 5.39. The SMILES string of the molecule is COc1ccc(CNCC(C)(O)c2ccc(F)cc2)c(O)c1. The van der Waals surface area contributed by atoms with Crippen LogP contribution in [0.5, 0.6) is 11.5 Å². The highest BCUT2D eigenvalue weighted by Gasteiger charge is 2.22. The first kappa shape index (κ1) is 16.3. The van der Waals surface area contributed by atoms with E-state index in [2.05, 4.69) is 5.32 Å². The van der Waals surface area contributed by atoms with Crippen molar-refractivity contribution in [2.75, 3.05) is 13.7 Å². The number of ether oxygens (including phenoxy) is 1. The van der Waals surface area contributed by atoms with Gasteiger partial charge in [0.2, 0.25) is 0 Å². The molecule has 0 saturated carbocycles. The normalized spacial score (nSPS) is 13.6. The van der Waals surface area contributed by atoms with Crippen LogP contribution in [0.1, 0.15) is 18.1 Å². The molecular formula is C17H20FNO3. The first-order chi connectivity index (χ1) is 10.4. The summed E-state index contributed by atoms with van der Waals surface area (Å²) in [7, 11) is 1.53. The van der Waals surface area contributed by atoms with Crippen molar-refractivity contribution in [1.82, 2.24) is 5.32 Å². The van der Waals surface area contributed by atoms with Crippen LogP contribution in [-0.2, 0) is 12.1 Å². The van der Waals surface area contributed by atoms with E-state index in [1.807, 2.05) is 0 Å². The second-order valence-electron chi connectivity index (χ2n) is 5.38. The average Bonchev–Trinajstić information content (AvgIpc) is 2.49. The van der Waals surface area contributed by atoms with Crippen LogP contribution >= 0.6 is 0 Å². The number of phenols is 1. The molecule has 5 heteroatoms. The zero-order chi connectivity index (χ0) is 16.2. The van der Waals surface area contributed by atoms with Crippen LogP contribution in [-0.4, -0.2) is 23.9 Å². The molecule has 4 nitrogen and oxygen atoms in total. The monoisotopic (exact) mass is 305 g/mol. The number of hydrogen-bond donors (Lipinski definition) is 3. The number of phenolic OH excluding ortho intramolecular Hbond substituents is 1. The van der Waals surface area contributed by atoms with Gasteiger partial charge >= 0.3 is 0 Å². The molecule has 0 radical (unpaired) electrons. The number of aromatic hydroxyl groups is 1. The summed E-state index contributed by atoms with van der Waals surface area (Å²) in [6, 6.07) is 10.8. The molecular weight excluding hydrogens is 285 g/mol. The van der Waals surface area contributed by atoms with E-state index < -0.39 is 5.60 Å². The van der Waals surface area contributed by atoms with E-state index in [0.29, 0.717) is 23.4 Å². The molecule has 2 rings (SSSR count). The van der Waals surface area contributed by atoms with Crippen molar-refractivity contribution in [3.8, 4) is 11.5 Å². The van der Waals surface area contributed by atoms with Crippen LogP contribution in [0.4, 0.5) is 4.39 Å². The molecule has 0 amide bonds. The standard InChI is InChI=1S/C17H20FNO3/c1-17(21,13-4-6-14(18)7-5-13)11-19-10-12-3-8-15(22-2)9-16(12)20/h3-9,19-21H,10-11H2,1-2H3. The predicted octanol–water partition coefficient (Wildman–Crippen LogP) is 2.54. The lowest BCUT2D eigenvalue weighted by Crippen LogP contribution is -2.35. The number of methoxy groups -OCH3 is 1. The Hall–Kier alpha value is -2.11. The molecule has 0 aromatic heterocycles. The summed E-state index contributed by atoms with van der Waals surface area (Å²) < 4.78 is 17.9. The number of aliphatic hydroxyl groups is 1. The van der Waals surface area contributed by atoms with Gasteiger partial charge in [0, 0.05) is 24.7 Å². The quantitative estimate of drug-likeness (QED) is 0.767. The van der Waals surface area contributed by atoms with E-state index in [1.165, 1.54) is 25.3 Å². The molecule has 0 aliphatic rings. The van der Waals surface area contributed by atoms with Gasteiger partial charge in [-0.2, -0.15) is 0 Å². The summed E-state index contributed by atoms with van der Waals surface area (Å²) in [5.74, 6) is 0.378. The van der Waals surface area contributed by atoms with Crippen molar-refractivity contribution in [2.24, 2.45) is 0 Å². The number of hydrogen-bond acceptors (Lipinski definition) is 4. The number of nitrogens with one attached hydrogen (secondary N) is 1. The fraction of sp³-hybridized carbons (Fsp3) is 0.294. The first-order valence-corrected chi connectivity index (χ1v) is 6.97. The molecule has 0 saturated heterocycles. The van der Waals surface area contributed by atoms with Crippen LogP contribution in [0.3, 0.4) is 0 Å². The van der Waals surface area contributed by atoms with Crippen LogP contribution in [0, 0.1) is 5.82 Å². The minimum absolute atomic E-state index is 0.133. The molecule has 0 aliphatic heterocycles. The predicted molar refractivity (Wildman–Crippen MR) is 82.3 cm³/mol. The van der Waals surface area contributed by atoms with E-state index in [1.54, 1.807) is 31.2 Å². The molecule has 0 fully saturated rings. The van der Waals surface area contributed by atoms with Gasteiger partial charge in [-0.15, -0.1) is 0 Å². The van der Waals surface area contributed by atoms with Gasteiger partial charge in [-0.3, -0.25) is 0 Å². The highest BCUT2D eigenvalue weighted by Crippen LogP contribution is 2.24. The molecule has 0 spiro atoms. The molecule has 0 heterocycles. The van der Waals surface area contributed by atoms with E-state index in [0.717, 1.165) is 0 Å². The largest absolute Gasteiger partial charge is 0.507 e. The van der Waals surface area contributed by atoms with E-state index in [-0.39, 0.29) is 18.1 Å². The summed E-state index contributed by atoms with van der Waals surface area (Å²) in [6.07, 6.45) is 0. The molecule has 0 aliphatic carbocycles. The Morgan fingerprint density at radius 2 is 1.86 bits per heavy atom. The minimum atomic E-state index is -1.13. The Labute approximate surface area is 129 Å². The van der Waals surface area contributed by atoms with Crippen LogP contribution < -0.4 is 10.1 Å². The first-order valence-electron chi connectivity index (χ1n) is 6.97. The lowest BCUT2D eigenvalue weighted by atomic mass is 9.96. The minimum Gasteiger partial charge on any atom is -0.507 e. The van der Waals surface area contributed by atoms with E-state index in [9.17, 15) is 14.6 Å². The second-order valence-corrected chi connectivity index (χ2v) is 5.38. The van der Waals surface area contributed by atoms with Gasteiger partial charge in [0.1, 0.15) is 17.3 Å². The van der Waals surface area contributed by atoms with Crippen molar-refractivity contribution in [3.63, 3.8) is 0 Å². The maximum Gasteiger partial charge on any atom is 0.123 e. The van der Waals surface area contributed by atoms with Gasteiger partial charge in [0.15, 0.2) is 0 Å². The van der Waals surface area contributed by atoms with Crippen LogP contribution in [0.15, 0.2) is 42.5 Å². The molecule has 0 bridgehead atoms. The molecule has 2 aromatic carbocycles. The third-order valence-electron chi connectivity index (χ3n) is 3.54. The van der Waals surface area contributed by atoms with E-state index in [4.69, 9.17) is 4.74 Å². The molecule has 1 atom stereocenters. The fourth-order valence-electron chi connectivity index (χ4n) is 2.17. The number of halogens is 1. The Kier molecular flexibility index (Phi) is 5.00. The lowest BCUT2D eigenvalue weighted by molar-refractivity contribution is 0.0565. The molecule has 2 aromatic rings. The molecule has 22 heavy (non-hydrogen) atoms. The van der Waals surface area contributed by atoms with Gasteiger partial charge in [-0.05, 0) is 30.7 Å². The van der Waals surface area contributed by atoms with Crippen molar-refractivity contribution in [3.05, 3.63) is 59.4 Å². The van der Waals surface area contributed by atoms with Crippen LogP contribution in [0.2, 0.25) is 0 Å². The van der Waals surface area contributed by atoms with Crippen molar-refractivity contribution >= 4 is 0 Å². The lowest BCUT2D eigenvalue weighted by Gasteiger charge is -2.24. The van der Waals surface area contributed by atoms with Gasteiger partial charge in [0.25, 0.3) is 0 Å². The summed E-state index contributed by atoms with van der Waals surface area (Å²) in [5, 5.41) is 23.4. The Morgan fingerprint density at radius 3 is 2.45 bits per heavy atom. The maximum absolute atomic E-state index is 12.9. The van der Waals surface area contributed by atoms with Gasteiger partial charge in [-0.25, -0.2) is 4.39 Å². The van der Waals surface area contributed by atoms with Crippen molar-refractivity contribution < 1.29 is 19.3 Å². The third-order valence-corrected chi connectivity index (χ3v) is 3.54. The highest BCUT2D eigenvalue weighted by atomic mass is 19.1. The summed E-state index contributed by atoms with van der Waals surface area (Å²) in [6.45, 7) is 2.32. The zero-order valence-electron chi connectivity index (χ0n) is 12.6. The summed E-state index contributed by atoms with van der Waals surface area (Å²) in [4.78, 5) is 0. The summed E-state index contributed by atoms with van der Waals surface area (Å²) >= 11 is 0. The molecule has 1 unspecified atom stereocenters.